The molecular formula is C10H19NS. The maximum Gasteiger partial charge on any atom is 0.0960 e. The van der Waals surface area contributed by atoms with E-state index in [2.05, 4.69) is 32.7 Å². The first-order valence-corrected chi connectivity index (χ1v) is 5.77. The number of nitrogens with zero attached hydrogens (tertiary/aromatic N) is 1. The van der Waals surface area contributed by atoms with Crippen LogP contribution in [0.4, 0.5) is 0 Å². The Bertz CT molecular complexity index is 175. The first kappa shape index (κ1) is 10.1. The van der Waals surface area contributed by atoms with Gasteiger partial charge in [0, 0.05) is 11.0 Å². The van der Waals surface area contributed by atoms with E-state index in [9.17, 15) is 0 Å². The average molecular weight is 185 g/mol. The number of hydrogen-bond acceptors (Lipinski definition) is 2. The Morgan fingerprint density at radius 2 is 2.17 bits per heavy atom. The van der Waals surface area contributed by atoms with Gasteiger partial charge in [-0.05, 0) is 25.7 Å². The monoisotopic (exact) mass is 185 g/mol. The highest BCUT2D eigenvalue weighted by Gasteiger charge is 2.24. The van der Waals surface area contributed by atoms with Gasteiger partial charge in [-0.3, -0.25) is 4.99 Å². The predicted molar refractivity (Wildman–Crippen MR) is 58.0 cm³/mol. The van der Waals surface area contributed by atoms with Crippen molar-refractivity contribution in [3.8, 4) is 0 Å². The Balaban J connectivity index is 2.43. The molecule has 0 aromatic heterocycles. The zero-order valence-corrected chi connectivity index (χ0v) is 9.32. The van der Waals surface area contributed by atoms with Gasteiger partial charge >= 0.3 is 0 Å². The summed E-state index contributed by atoms with van der Waals surface area (Å²) in [6.45, 7) is 8.95. The summed E-state index contributed by atoms with van der Waals surface area (Å²) in [4.78, 5) is 4.66. The third-order valence-corrected chi connectivity index (χ3v) is 3.79. The molecule has 1 aliphatic rings. The predicted octanol–water partition coefficient (Wildman–Crippen LogP) is 3.34. The molecule has 0 fully saturated rings. The van der Waals surface area contributed by atoms with Crippen LogP contribution in [0.25, 0.3) is 0 Å². The molecule has 1 heterocycles. The molecule has 0 spiro atoms. The van der Waals surface area contributed by atoms with Crippen LogP contribution in [0.15, 0.2) is 4.99 Å². The maximum atomic E-state index is 4.66. The molecule has 0 aromatic carbocycles. The Kier molecular flexibility index (Phi) is 3.63. The third-order valence-electron chi connectivity index (χ3n) is 2.18. The number of thioether (sulfide) groups is 1. The van der Waals surface area contributed by atoms with Crippen LogP contribution in [0.5, 0.6) is 0 Å². The molecule has 0 aliphatic carbocycles. The van der Waals surface area contributed by atoms with E-state index in [4.69, 9.17) is 0 Å². The summed E-state index contributed by atoms with van der Waals surface area (Å²) in [7, 11) is 0. The van der Waals surface area contributed by atoms with E-state index in [-0.39, 0.29) is 0 Å². The molecule has 0 bridgehead atoms. The summed E-state index contributed by atoms with van der Waals surface area (Å²) in [6, 6.07) is 0. The molecule has 0 N–H and O–H groups in total. The van der Waals surface area contributed by atoms with Gasteiger partial charge in [0.2, 0.25) is 0 Å². The second-order valence-corrected chi connectivity index (χ2v) is 5.27. The lowest BCUT2D eigenvalue weighted by atomic mass is 10.1. The first-order valence-electron chi connectivity index (χ1n) is 4.83. The topological polar surface area (TPSA) is 12.4 Å². The largest absolute Gasteiger partial charge is 0.279 e. The molecule has 0 saturated heterocycles. The Hall–Kier alpha value is 0.0200. The van der Waals surface area contributed by atoms with Crippen molar-refractivity contribution in [1.29, 1.82) is 0 Å². The molecule has 70 valence electrons. The SMILES string of the molecule is CCC1SC(CC(C)C)N=C1C. The van der Waals surface area contributed by atoms with Gasteiger partial charge in [0.05, 0.1) is 5.37 Å². The number of rotatable bonds is 3. The van der Waals surface area contributed by atoms with Crippen molar-refractivity contribution in [3.63, 3.8) is 0 Å². The van der Waals surface area contributed by atoms with E-state index in [1.807, 2.05) is 11.8 Å². The third kappa shape index (κ3) is 2.51. The molecule has 1 rings (SSSR count). The molecule has 1 aliphatic heterocycles. The summed E-state index contributed by atoms with van der Waals surface area (Å²) >= 11 is 2.04. The molecule has 0 amide bonds. The zero-order valence-electron chi connectivity index (χ0n) is 8.50. The van der Waals surface area contributed by atoms with Crippen molar-refractivity contribution in [2.45, 2.75) is 51.2 Å². The summed E-state index contributed by atoms with van der Waals surface area (Å²) in [5, 5.41) is 1.25. The van der Waals surface area contributed by atoms with Crippen molar-refractivity contribution in [2.75, 3.05) is 0 Å². The molecular weight excluding hydrogens is 166 g/mol. The van der Waals surface area contributed by atoms with E-state index in [0.717, 1.165) is 5.92 Å². The van der Waals surface area contributed by atoms with Gasteiger partial charge in [-0.1, -0.05) is 20.8 Å². The molecule has 1 nitrogen and oxygen atoms in total. The number of hydrogen-bond donors (Lipinski definition) is 0. The molecule has 2 heteroatoms. The summed E-state index contributed by atoms with van der Waals surface area (Å²) in [6.07, 6.45) is 2.47. The van der Waals surface area contributed by atoms with Crippen LogP contribution in [-0.4, -0.2) is 16.3 Å². The highest BCUT2D eigenvalue weighted by Crippen LogP contribution is 2.33. The molecule has 2 atom stereocenters. The summed E-state index contributed by atoms with van der Waals surface area (Å²) < 4.78 is 0. The molecule has 12 heavy (non-hydrogen) atoms. The van der Waals surface area contributed by atoms with Crippen molar-refractivity contribution in [2.24, 2.45) is 10.9 Å². The fourth-order valence-electron chi connectivity index (χ4n) is 1.53. The lowest BCUT2D eigenvalue weighted by Gasteiger charge is -2.10. The van der Waals surface area contributed by atoms with Gasteiger partial charge < -0.3 is 0 Å². The van der Waals surface area contributed by atoms with E-state index >= 15 is 0 Å². The van der Waals surface area contributed by atoms with Gasteiger partial charge in [0.25, 0.3) is 0 Å². The normalized spacial score (nSPS) is 29.6. The molecule has 0 radical (unpaired) electrons. The van der Waals surface area contributed by atoms with Gasteiger partial charge in [-0.25, -0.2) is 0 Å². The minimum atomic E-state index is 0.551. The molecule has 0 aromatic rings. The second kappa shape index (κ2) is 4.31. The van der Waals surface area contributed by atoms with E-state index < -0.39 is 0 Å². The smallest absolute Gasteiger partial charge is 0.0960 e. The van der Waals surface area contributed by atoms with Gasteiger partial charge in [-0.15, -0.1) is 11.8 Å². The van der Waals surface area contributed by atoms with Crippen LogP contribution in [0.3, 0.4) is 0 Å². The Labute approximate surface area is 80.0 Å². The van der Waals surface area contributed by atoms with Crippen molar-refractivity contribution >= 4 is 17.5 Å². The van der Waals surface area contributed by atoms with Crippen LogP contribution >= 0.6 is 11.8 Å². The van der Waals surface area contributed by atoms with Gasteiger partial charge in [0.1, 0.15) is 0 Å². The number of aliphatic imine (C=N–C) groups is 1. The highest BCUT2D eigenvalue weighted by molar-refractivity contribution is 8.01. The van der Waals surface area contributed by atoms with Crippen LogP contribution < -0.4 is 0 Å². The lowest BCUT2D eigenvalue weighted by Crippen LogP contribution is -2.07. The summed E-state index contributed by atoms with van der Waals surface area (Å²) in [5.74, 6) is 0.773. The Morgan fingerprint density at radius 3 is 2.58 bits per heavy atom. The van der Waals surface area contributed by atoms with Crippen LogP contribution in [-0.2, 0) is 0 Å². The summed E-state index contributed by atoms with van der Waals surface area (Å²) in [5.41, 5.74) is 1.35. The highest BCUT2D eigenvalue weighted by atomic mass is 32.2. The average Bonchev–Trinajstić information content (AvgIpc) is 2.29. The van der Waals surface area contributed by atoms with E-state index in [1.165, 1.54) is 18.6 Å². The minimum absolute atomic E-state index is 0.551. The van der Waals surface area contributed by atoms with Crippen molar-refractivity contribution in [3.05, 3.63) is 0 Å². The zero-order chi connectivity index (χ0) is 9.14. The van der Waals surface area contributed by atoms with Gasteiger partial charge in [-0.2, -0.15) is 0 Å². The Morgan fingerprint density at radius 1 is 1.50 bits per heavy atom. The second-order valence-electron chi connectivity index (χ2n) is 3.89. The van der Waals surface area contributed by atoms with Crippen LogP contribution in [0.1, 0.15) is 40.5 Å². The quantitative estimate of drug-likeness (QED) is 0.657. The molecule has 0 saturated carbocycles. The first-order chi connectivity index (χ1) is 5.63. The lowest BCUT2D eigenvalue weighted by molar-refractivity contribution is 0.579. The maximum absolute atomic E-state index is 4.66. The standard InChI is InChI=1S/C10H19NS/c1-5-9-8(4)11-10(12-9)6-7(2)3/h7,9-10H,5-6H2,1-4H3. The van der Waals surface area contributed by atoms with Gasteiger partial charge in [0.15, 0.2) is 0 Å². The fraction of sp³-hybridized carbons (Fsp3) is 0.900. The van der Waals surface area contributed by atoms with Crippen LogP contribution in [0, 0.1) is 5.92 Å². The van der Waals surface area contributed by atoms with Crippen molar-refractivity contribution < 1.29 is 0 Å². The molecule has 2 unspecified atom stereocenters. The van der Waals surface area contributed by atoms with Crippen LogP contribution in [0.2, 0.25) is 0 Å². The fourth-order valence-corrected chi connectivity index (χ4v) is 3.08. The van der Waals surface area contributed by atoms with E-state index in [1.54, 1.807) is 0 Å². The van der Waals surface area contributed by atoms with Crippen molar-refractivity contribution in [1.82, 2.24) is 0 Å². The van der Waals surface area contributed by atoms with E-state index in [0.29, 0.717) is 10.6 Å². The minimum Gasteiger partial charge on any atom is -0.279 e.